The maximum absolute atomic E-state index is 11.8. The van der Waals surface area contributed by atoms with Gasteiger partial charge in [-0.1, -0.05) is 0 Å². The van der Waals surface area contributed by atoms with E-state index in [2.05, 4.69) is 10.1 Å². The Morgan fingerprint density at radius 3 is 2.73 bits per heavy atom. The Morgan fingerprint density at radius 1 is 1.40 bits per heavy atom. The molecule has 15 heavy (non-hydrogen) atoms. The van der Waals surface area contributed by atoms with Gasteiger partial charge < -0.3 is 0 Å². The highest BCUT2D eigenvalue weighted by atomic mass is 16.2. The quantitative estimate of drug-likeness (QED) is 0.733. The maximum Gasteiger partial charge on any atom is 0.350 e. The van der Waals surface area contributed by atoms with Gasteiger partial charge in [0.05, 0.1) is 17.9 Å². The zero-order valence-corrected chi connectivity index (χ0v) is 8.66. The SMILES string of the molecule is CC(C)n1ncn(-c2cccnc2)c1=O. The Balaban J connectivity index is 2.52. The van der Waals surface area contributed by atoms with E-state index in [1.807, 2.05) is 19.9 Å². The largest absolute Gasteiger partial charge is 0.350 e. The third-order valence-corrected chi connectivity index (χ3v) is 2.11. The molecule has 0 aliphatic rings. The Kier molecular flexibility index (Phi) is 2.37. The predicted octanol–water partition coefficient (Wildman–Crippen LogP) is 1.01. The lowest BCUT2D eigenvalue weighted by Crippen LogP contribution is -2.25. The first-order valence-corrected chi connectivity index (χ1v) is 4.76. The van der Waals surface area contributed by atoms with Crippen LogP contribution < -0.4 is 5.69 Å². The van der Waals surface area contributed by atoms with Crippen molar-refractivity contribution in [1.29, 1.82) is 0 Å². The molecule has 0 N–H and O–H groups in total. The summed E-state index contributed by atoms with van der Waals surface area (Å²) in [6.45, 7) is 3.84. The standard InChI is InChI=1S/C10H12N4O/c1-8(2)14-10(15)13(7-12-14)9-4-3-5-11-6-9/h3-8H,1-2H3. The lowest BCUT2D eigenvalue weighted by Gasteiger charge is -2.01. The van der Waals surface area contributed by atoms with Crippen LogP contribution in [-0.4, -0.2) is 19.3 Å². The number of rotatable bonds is 2. The first-order valence-electron chi connectivity index (χ1n) is 4.76. The highest BCUT2D eigenvalue weighted by Gasteiger charge is 2.08. The van der Waals surface area contributed by atoms with Crippen molar-refractivity contribution in [2.75, 3.05) is 0 Å². The second-order valence-corrected chi connectivity index (χ2v) is 3.53. The summed E-state index contributed by atoms with van der Waals surface area (Å²) < 4.78 is 2.92. The van der Waals surface area contributed by atoms with Gasteiger partial charge in [0.2, 0.25) is 0 Å². The average Bonchev–Trinajstić information content (AvgIpc) is 2.61. The molecule has 0 aromatic carbocycles. The van der Waals surface area contributed by atoms with Crippen LogP contribution in [-0.2, 0) is 0 Å². The lowest BCUT2D eigenvalue weighted by molar-refractivity contribution is 0.511. The zero-order valence-electron chi connectivity index (χ0n) is 8.66. The van der Waals surface area contributed by atoms with Crippen molar-refractivity contribution in [3.8, 4) is 5.69 Å². The van der Waals surface area contributed by atoms with Gasteiger partial charge in [0.1, 0.15) is 6.33 Å². The van der Waals surface area contributed by atoms with Gasteiger partial charge in [-0.05, 0) is 26.0 Å². The Morgan fingerprint density at radius 2 is 2.20 bits per heavy atom. The van der Waals surface area contributed by atoms with E-state index in [4.69, 9.17) is 0 Å². The molecule has 0 bridgehead atoms. The number of hydrogen-bond acceptors (Lipinski definition) is 3. The van der Waals surface area contributed by atoms with Crippen molar-refractivity contribution >= 4 is 0 Å². The molecule has 0 saturated heterocycles. The summed E-state index contributed by atoms with van der Waals surface area (Å²) in [6.07, 6.45) is 4.81. The van der Waals surface area contributed by atoms with Crippen molar-refractivity contribution in [2.45, 2.75) is 19.9 Å². The minimum atomic E-state index is -0.141. The summed E-state index contributed by atoms with van der Waals surface area (Å²) in [5.41, 5.74) is 0.590. The van der Waals surface area contributed by atoms with Crippen molar-refractivity contribution < 1.29 is 0 Å². The number of hydrogen-bond donors (Lipinski definition) is 0. The zero-order chi connectivity index (χ0) is 10.8. The molecule has 78 valence electrons. The summed E-state index contributed by atoms with van der Waals surface area (Å²) in [7, 11) is 0. The van der Waals surface area contributed by atoms with Gasteiger partial charge in [0.25, 0.3) is 0 Å². The normalized spacial score (nSPS) is 10.9. The molecule has 2 aromatic heterocycles. The average molecular weight is 204 g/mol. The summed E-state index contributed by atoms with van der Waals surface area (Å²) in [5, 5.41) is 4.03. The third-order valence-electron chi connectivity index (χ3n) is 2.11. The van der Waals surface area contributed by atoms with Crippen molar-refractivity contribution in [3.63, 3.8) is 0 Å². The van der Waals surface area contributed by atoms with Gasteiger partial charge in [-0.2, -0.15) is 5.10 Å². The van der Waals surface area contributed by atoms with Gasteiger partial charge in [-0.25, -0.2) is 14.0 Å². The highest BCUT2D eigenvalue weighted by Crippen LogP contribution is 2.02. The van der Waals surface area contributed by atoms with Crippen LogP contribution >= 0.6 is 0 Å². The van der Waals surface area contributed by atoms with Crippen molar-refractivity contribution in [1.82, 2.24) is 19.3 Å². The molecule has 0 atom stereocenters. The maximum atomic E-state index is 11.8. The van der Waals surface area contributed by atoms with E-state index in [0.29, 0.717) is 0 Å². The second kappa shape index (κ2) is 3.68. The topological polar surface area (TPSA) is 52.7 Å². The molecule has 5 heteroatoms. The van der Waals surface area contributed by atoms with E-state index in [0.717, 1.165) is 5.69 Å². The Labute approximate surface area is 87.0 Å². The van der Waals surface area contributed by atoms with Crippen molar-refractivity contribution in [3.05, 3.63) is 41.3 Å². The Bertz CT molecular complexity index is 498. The van der Waals surface area contributed by atoms with E-state index in [1.165, 1.54) is 15.6 Å². The van der Waals surface area contributed by atoms with Crippen LogP contribution in [0.15, 0.2) is 35.6 Å². The predicted molar refractivity (Wildman–Crippen MR) is 56.0 cm³/mol. The molecule has 0 radical (unpaired) electrons. The summed E-state index contributed by atoms with van der Waals surface area (Å²) >= 11 is 0. The van der Waals surface area contributed by atoms with Gasteiger partial charge in [0, 0.05) is 6.20 Å². The van der Waals surface area contributed by atoms with Gasteiger partial charge in [0.15, 0.2) is 0 Å². The molecule has 0 fully saturated rings. The van der Waals surface area contributed by atoms with E-state index in [9.17, 15) is 4.79 Å². The highest BCUT2D eigenvalue weighted by molar-refractivity contribution is 5.26. The van der Waals surface area contributed by atoms with Gasteiger partial charge in [-0.3, -0.25) is 4.98 Å². The monoisotopic (exact) mass is 204 g/mol. The van der Waals surface area contributed by atoms with Crippen LogP contribution in [0.25, 0.3) is 5.69 Å². The fourth-order valence-electron chi connectivity index (χ4n) is 1.34. The first-order chi connectivity index (χ1) is 7.20. The van der Waals surface area contributed by atoms with E-state index < -0.39 is 0 Å². The molecule has 0 amide bonds. The van der Waals surface area contributed by atoms with E-state index in [1.54, 1.807) is 18.5 Å². The molecule has 0 saturated carbocycles. The van der Waals surface area contributed by atoms with E-state index >= 15 is 0 Å². The molecule has 2 heterocycles. The fraction of sp³-hybridized carbons (Fsp3) is 0.300. The molecular weight excluding hydrogens is 192 g/mol. The molecule has 5 nitrogen and oxygen atoms in total. The Hall–Kier alpha value is -1.91. The minimum absolute atomic E-state index is 0.0652. The van der Waals surface area contributed by atoms with E-state index in [-0.39, 0.29) is 11.7 Å². The summed E-state index contributed by atoms with van der Waals surface area (Å²) in [6, 6.07) is 3.67. The molecule has 0 unspecified atom stereocenters. The second-order valence-electron chi connectivity index (χ2n) is 3.53. The molecule has 0 spiro atoms. The van der Waals surface area contributed by atoms with Gasteiger partial charge >= 0.3 is 5.69 Å². The van der Waals surface area contributed by atoms with Crippen LogP contribution in [0, 0.1) is 0 Å². The summed E-state index contributed by atoms with van der Waals surface area (Å²) in [5.74, 6) is 0. The van der Waals surface area contributed by atoms with Crippen LogP contribution in [0.3, 0.4) is 0 Å². The number of pyridine rings is 1. The number of aromatic nitrogens is 4. The summed E-state index contributed by atoms with van der Waals surface area (Å²) in [4.78, 5) is 15.8. The molecule has 2 rings (SSSR count). The molecular formula is C10H12N4O. The minimum Gasteiger partial charge on any atom is -0.263 e. The smallest absolute Gasteiger partial charge is 0.263 e. The molecule has 0 aliphatic heterocycles. The third kappa shape index (κ3) is 1.68. The van der Waals surface area contributed by atoms with Crippen LogP contribution in [0.4, 0.5) is 0 Å². The first kappa shape index (κ1) is 9.64. The fourth-order valence-corrected chi connectivity index (χ4v) is 1.34. The van der Waals surface area contributed by atoms with Crippen LogP contribution in [0.5, 0.6) is 0 Å². The molecule has 2 aromatic rings. The van der Waals surface area contributed by atoms with Crippen LogP contribution in [0.1, 0.15) is 19.9 Å². The van der Waals surface area contributed by atoms with Crippen LogP contribution in [0.2, 0.25) is 0 Å². The van der Waals surface area contributed by atoms with Crippen molar-refractivity contribution in [2.24, 2.45) is 0 Å². The number of nitrogens with zero attached hydrogens (tertiary/aromatic N) is 4. The van der Waals surface area contributed by atoms with Gasteiger partial charge in [-0.15, -0.1) is 0 Å². The lowest BCUT2D eigenvalue weighted by atomic mass is 10.4. The molecule has 0 aliphatic carbocycles.